The molecule has 2 aromatic carbocycles. The third kappa shape index (κ3) is 3.77. The molecule has 0 amide bonds. The number of hydrogen-bond acceptors (Lipinski definition) is 4. The molecule has 0 aromatic heterocycles. The highest BCUT2D eigenvalue weighted by Crippen LogP contribution is 2.66. The Morgan fingerprint density at radius 3 is 1.65 bits per heavy atom. The molecule has 8 bridgehead atoms. The van der Waals surface area contributed by atoms with Crippen LogP contribution in [0.4, 0.5) is 0 Å². The van der Waals surface area contributed by atoms with Crippen molar-refractivity contribution in [2.24, 2.45) is 35.5 Å². The zero-order chi connectivity index (χ0) is 26.1. The van der Waals surface area contributed by atoms with Crippen molar-refractivity contribution in [2.75, 3.05) is 26.4 Å². The number of benzene rings is 2. The summed E-state index contributed by atoms with van der Waals surface area (Å²) >= 11 is 0. The molecule has 40 heavy (non-hydrogen) atoms. The van der Waals surface area contributed by atoms with Crippen LogP contribution in [0, 0.1) is 35.5 Å². The van der Waals surface area contributed by atoms with Gasteiger partial charge in [0.2, 0.25) is 0 Å². The average Bonchev–Trinajstić information content (AvgIpc) is 3.84. The van der Waals surface area contributed by atoms with Crippen molar-refractivity contribution in [3.8, 4) is 11.5 Å². The summed E-state index contributed by atoms with van der Waals surface area (Å²) in [5.41, 5.74) is 3.81. The number of rotatable bonds is 8. The van der Waals surface area contributed by atoms with Crippen molar-refractivity contribution in [1.82, 2.24) is 0 Å². The van der Waals surface area contributed by atoms with Gasteiger partial charge in [-0.2, -0.15) is 0 Å². The molecule has 4 heteroatoms. The zero-order valence-corrected chi connectivity index (χ0v) is 23.9. The van der Waals surface area contributed by atoms with Crippen LogP contribution in [-0.2, 0) is 20.3 Å². The number of ether oxygens (including phenoxy) is 4. The van der Waals surface area contributed by atoms with E-state index in [9.17, 15) is 0 Å². The fourth-order valence-corrected chi connectivity index (χ4v) is 12.1. The van der Waals surface area contributed by atoms with Gasteiger partial charge in [0.25, 0.3) is 0 Å². The predicted molar refractivity (Wildman–Crippen MR) is 154 cm³/mol. The van der Waals surface area contributed by atoms with Gasteiger partial charge in [-0.05, 0) is 153 Å². The fourth-order valence-electron chi connectivity index (χ4n) is 12.1. The summed E-state index contributed by atoms with van der Waals surface area (Å²) in [5.74, 6) is 7.71. The molecule has 0 N–H and O–H groups in total. The first-order chi connectivity index (χ1) is 19.6. The van der Waals surface area contributed by atoms with Gasteiger partial charge in [0.15, 0.2) is 0 Å². The Morgan fingerprint density at radius 2 is 1.12 bits per heavy atom. The second-order valence-corrected chi connectivity index (χ2v) is 15.9. The van der Waals surface area contributed by atoms with E-state index in [2.05, 4.69) is 24.3 Å². The second-order valence-electron chi connectivity index (χ2n) is 15.9. The minimum Gasteiger partial charge on any atom is -0.491 e. The maximum atomic E-state index is 6.78. The van der Waals surface area contributed by atoms with Gasteiger partial charge in [-0.25, -0.2) is 0 Å². The normalized spacial score (nSPS) is 45.3. The molecule has 2 unspecified atom stereocenters. The summed E-state index contributed by atoms with van der Waals surface area (Å²) in [6.45, 7) is 3.07. The summed E-state index contributed by atoms with van der Waals surface area (Å²) in [5, 5.41) is 2.97. The van der Waals surface area contributed by atoms with Gasteiger partial charge < -0.3 is 18.9 Å². The fraction of sp³-hybridized carbons (Fsp3) is 0.722. The van der Waals surface area contributed by atoms with E-state index in [1.54, 1.807) is 16.5 Å². The van der Waals surface area contributed by atoms with Gasteiger partial charge in [-0.15, -0.1) is 0 Å². The van der Waals surface area contributed by atoms with Crippen LogP contribution in [0.5, 0.6) is 11.5 Å². The second kappa shape index (κ2) is 8.40. The van der Waals surface area contributed by atoms with Crippen molar-refractivity contribution >= 4 is 10.8 Å². The monoisotopic (exact) mass is 540 g/mol. The predicted octanol–water partition coefficient (Wildman–Crippen LogP) is 7.33. The minimum absolute atomic E-state index is 0.273. The molecule has 12 rings (SSSR count). The Bertz CT molecular complexity index is 1280. The lowest BCUT2D eigenvalue weighted by molar-refractivity contribution is -0.00758. The van der Waals surface area contributed by atoms with Gasteiger partial charge in [0.05, 0.1) is 13.2 Å². The van der Waals surface area contributed by atoms with E-state index in [0.717, 1.165) is 54.5 Å². The minimum atomic E-state index is 0.273. The van der Waals surface area contributed by atoms with Gasteiger partial charge >= 0.3 is 0 Å². The molecule has 212 valence electrons. The molecule has 8 aliphatic carbocycles. The highest BCUT2D eigenvalue weighted by molar-refractivity contribution is 5.94. The Hall–Kier alpha value is -1.78. The molecule has 2 aliphatic heterocycles. The standard InChI is InChI=1S/C36H44O4/c1-2-32(40-20-30-19-39-30)34(36-14-24-6-25(15-36)8-26(7-24)16-36)33-27(1)9-28(37-17-29-18-38-29)10-31(33)35-11-21-3-22(12-35)5-23(4-21)13-35/h1-2,9-10,21-26,29-30H,3-8,11-20H2. The molecule has 8 saturated carbocycles. The first-order valence-corrected chi connectivity index (χ1v) is 16.7. The number of fused-ring (bicyclic) bond motifs is 1. The molecule has 0 spiro atoms. The lowest BCUT2D eigenvalue weighted by atomic mass is 9.46. The van der Waals surface area contributed by atoms with Crippen LogP contribution >= 0.6 is 0 Å². The van der Waals surface area contributed by atoms with Gasteiger partial charge in [-0.3, -0.25) is 0 Å². The van der Waals surface area contributed by atoms with E-state index in [-0.39, 0.29) is 17.6 Å². The Balaban J connectivity index is 1.19. The number of hydrogen-bond donors (Lipinski definition) is 0. The van der Waals surface area contributed by atoms with E-state index in [1.165, 1.54) is 88.2 Å². The molecule has 2 heterocycles. The van der Waals surface area contributed by atoms with Crippen molar-refractivity contribution < 1.29 is 18.9 Å². The third-order valence-corrected chi connectivity index (χ3v) is 12.9. The highest BCUT2D eigenvalue weighted by atomic mass is 16.6. The van der Waals surface area contributed by atoms with E-state index >= 15 is 0 Å². The van der Waals surface area contributed by atoms with Gasteiger partial charge in [-0.1, -0.05) is 6.07 Å². The molecule has 10 aliphatic rings. The van der Waals surface area contributed by atoms with Crippen molar-refractivity contribution in [2.45, 2.75) is 100 Å². The zero-order valence-electron chi connectivity index (χ0n) is 23.9. The highest BCUT2D eigenvalue weighted by Gasteiger charge is 2.56. The van der Waals surface area contributed by atoms with Crippen LogP contribution in [0.2, 0.25) is 0 Å². The summed E-state index contributed by atoms with van der Waals surface area (Å²) in [6.07, 6.45) is 17.6. The maximum absolute atomic E-state index is 6.78. The number of epoxide rings is 2. The van der Waals surface area contributed by atoms with Gasteiger partial charge in [0.1, 0.15) is 36.9 Å². The Morgan fingerprint density at radius 1 is 0.625 bits per heavy atom. The Labute approximate surface area is 238 Å². The molecule has 2 atom stereocenters. The quantitative estimate of drug-likeness (QED) is 0.329. The van der Waals surface area contributed by atoms with Crippen LogP contribution in [0.3, 0.4) is 0 Å². The molecule has 4 nitrogen and oxygen atoms in total. The van der Waals surface area contributed by atoms with Crippen LogP contribution in [0.1, 0.15) is 88.2 Å². The van der Waals surface area contributed by atoms with Crippen LogP contribution in [0.15, 0.2) is 24.3 Å². The van der Waals surface area contributed by atoms with E-state index in [4.69, 9.17) is 18.9 Å². The molecule has 0 radical (unpaired) electrons. The van der Waals surface area contributed by atoms with E-state index < -0.39 is 0 Å². The lowest BCUT2D eigenvalue weighted by Crippen LogP contribution is -2.50. The smallest absolute Gasteiger partial charge is 0.123 e. The van der Waals surface area contributed by atoms with Crippen LogP contribution in [0.25, 0.3) is 10.8 Å². The van der Waals surface area contributed by atoms with Crippen molar-refractivity contribution in [1.29, 1.82) is 0 Å². The van der Waals surface area contributed by atoms with Crippen LogP contribution < -0.4 is 9.47 Å². The van der Waals surface area contributed by atoms with E-state index in [1.807, 2.05) is 0 Å². The third-order valence-electron chi connectivity index (χ3n) is 12.9. The van der Waals surface area contributed by atoms with Gasteiger partial charge in [0, 0.05) is 11.0 Å². The first-order valence-electron chi connectivity index (χ1n) is 16.7. The Kier molecular flexibility index (Phi) is 4.99. The van der Waals surface area contributed by atoms with Crippen molar-refractivity contribution in [3.63, 3.8) is 0 Å². The van der Waals surface area contributed by atoms with Crippen LogP contribution in [-0.4, -0.2) is 38.6 Å². The van der Waals surface area contributed by atoms with E-state index in [0.29, 0.717) is 18.6 Å². The first kappa shape index (κ1) is 23.7. The molecular formula is C36H44O4. The average molecular weight is 541 g/mol. The summed E-state index contributed by atoms with van der Waals surface area (Å²) in [7, 11) is 0. The lowest BCUT2D eigenvalue weighted by Gasteiger charge is -2.59. The van der Waals surface area contributed by atoms with Crippen molar-refractivity contribution in [3.05, 3.63) is 35.4 Å². The summed E-state index contributed by atoms with van der Waals surface area (Å²) in [4.78, 5) is 0. The largest absolute Gasteiger partial charge is 0.491 e. The molecule has 2 saturated heterocycles. The molecular weight excluding hydrogens is 496 g/mol. The summed E-state index contributed by atoms with van der Waals surface area (Å²) < 4.78 is 24.4. The summed E-state index contributed by atoms with van der Waals surface area (Å²) in [6, 6.07) is 9.58. The maximum Gasteiger partial charge on any atom is 0.123 e. The molecule has 2 aromatic rings. The SMILES string of the molecule is c1cc2cc(OCC3CO3)cc(C34CC5CC(CC(C5)C3)C4)c2c(C23CC4CC(CC(C4)C2)C3)c1OCC1CO1. The topological polar surface area (TPSA) is 43.5 Å². The molecule has 10 fully saturated rings.